The van der Waals surface area contributed by atoms with E-state index in [1.807, 2.05) is 0 Å². The van der Waals surface area contributed by atoms with Crippen molar-refractivity contribution in [2.24, 2.45) is 0 Å². The van der Waals surface area contributed by atoms with Crippen molar-refractivity contribution in [3.8, 4) is 0 Å². The van der Waals surface area contributed by atoms with Crippen molar-refractivity contribution >= 4 is 43.9 Å². The van der Waals surface area contributed by atoms with Crippen molar-refractivity contribution in [3.63, 3.8) is 0 Å². The fraction of sp³-hybridized carbons (Fsp3) is 0.409. The summed E-state index contributed by atoms with van der Waals surface area (Å²) in [4.78, 5) is 10.7. The third kappa shape index (κ3) is 5.54. The van der Waals surface area contributed by atoms with Gasteiger partial charge in [0, 0.05) is 12.3 Å². The Labute approximate surface area is 204 Å². The molecule has 4 rings (SSSR count). The van der Waals surface area contributed by atoms with Crippen LogP contribution in [-0.4, -0.2) is 40.7 Å². The maximum Gasteiger partial charge on any atom is 0.335 e. The minimum Gasteiger partial charge on any atom is -0.478 e. The van der Waals surface area contributed by atoms with Gasteiger partial charge in [-0.05, 0) is 73.5 Å². The fourth-order valence-electron chi connectivity index (χ4n) is 4.18. The van der Waals surface area contributed by atoms with Crippen LogP contribution in [0.25, 0.3) is 0 Å². The summed E-state index contributed by atoms with van der Waals surface area (Å²) >= 11 is 0. The van der Waals surface area contributed by atoms with Gasteiger partial charge in [-0.2, -0.15) is 0 Å². The van der Waals surface area contributed by atoms with Crippen LogP contribution in [0.15, 0.2) is 40.1 Å². The summed E-state index contributed by atoms with van der Waals surface area (Å²) in [6, 6.07) is 5.70. The van der Waals surface area contributed by atoms with Crippen LogP contribution in [0.5, 0.6) is 0 Å². The number of hydrogen-bond acceptors (Lipinski definition) is 6. The highest BCUT2D eigenvalue weighted by Gasteiger charge is 2.32. The van der Waals surface area contributed by atoms with Crippen molar-refractivity contribution in [2.45, 2.75) is 53.9 Å². The van der Waals surface area contributed by atoms with Crippen molar-refractivity contribution in [1.29, 1.82) is 0 Å². The predicted octanol–water partition coefficient (Wildman–Crippen LogP) is 3.84. The quantitative estimate of drug-likeness (QED) is 0.494. The SMILES string of the molecule is CS(=O)(=O)c1cc(NS(=O)(=O)c2cc(C(=O)O)ccc2C2CC2)c(C2CCCCN2)cc1F.Cl. The van der Waals surface area contributed by atoms with Gasteiger partial charge in [0.2, 0.25) is 0 Å². The van der Waals surface area contributed by atoms with Crippen molar-refractivity contribution in [3.05, 3.63) is 52.8 Å². The molecule has 2 aliphatic rings. The Morgan fingerprint density at radius 2 is 1.74 bits per heavy atom. The lowest BCUT2D eigenvalue weighted by atomic mass is 9.96. The standard InChI is InChI=1S/C22H25FN2O6S2.ClH/c1-32(28,29)21-12-19(16(11-17(21)23)18-4-2-3-9-24-18)25-33(30,31)20-10-14(22(26)27)7-8-15(20)13-5-6-13;/h7-8,10-13,18,24-25H,2-6,9H2,1H3,(H,26,27);1H. The Bertz CT molecular complexity index is 1320. The molecule has 2 fully saturated rings. The number of nitrogens with one attached hydrogen (secondary N) is 2. The first kappa shape index (κ1) is 26.4. The highest BCUT2D eigenvalue weighted by molar-refractivity contribution is 7.92. The second-order valence-electron chi connectivity index (χ2n) is 8.58. The Morgan fingerprint density at radius 1 is 1.03 bits per heavy atom. The van der Waals surface area contributed by atoms with Gasteiger partial charge in [0.1, 0.15) is 10.7 Å². The first-order chi connectivity index (χ1) is 15.5. The second kappa shape index (κ2) is 9.80. The molecule has 1 saturated heterocycles. The third-order valence-electron chi connectivity index (χ3n) is 6.00. The van der Waals surface area contributed by atoms with E-state index < -0.39 is 36.5 Å². The third-order valence-corrected chi connectivity index (χ3v) is 8.53. The number of aromatic carboxylic acids is 1. The summed E-state index contributed by atoms with van der Waals surface area (Å²) in [5, 5.41) is 12.6. The van der Waals surface area contributed by atoms with Gasteiger partial charge in [0.15, 0.2) is 9.84 Å². The molecule has 8 nitrogen and oxygen atoms in total. The zero-order valence-electron chi connectivity index (χ0n) is 18.4. The molecule has 1 saturated carbocycles. The van der Waals surface area contributed by atoms with Crippen molar-refractivity contribution < 1.29 is 31.1 Å². The molecular weight excluding hydrogens is 507 g/mol. The lowest BCUT2D eigenvalue weighted by Gasteiger charge is -2.27. The summed E-state index contributed by atoms with van der Waals surface area (Å²) in [5.74, 6) is -2.20. The largest absolute Gasteiger partial charge is 0.478 e. The molecule has 3 N–H and O–H groups in total. The van der Waals surface area contributed by atoms with Crippen LogP contribution in [0, 0.1) is 5.82 Å². The van der Waals surface area contributed by atoms with Crippen LogP contribution in [-0.2, 0) is 19.9 Å². The maximum atomic E-state index is 14.7. The number of piperidine rings is 1. The van der Waals surface area contributed by atoms with Crippen molar-refractivity contribution in [2.75, 3.05) is 17.5 Å². The highest BCUT2D eigenvalue weighted by Crippen LogP contribution is 2.44. The van der Waals surface area contributed by atoms with E-state index in [1.165, 1.54) is 12.1 Å². The van der Waals surface area contributed by atoms with E-state index >= 15 is 0 Å². The van der Waals surface area contributed by atoms with Crippen LogP contribution in [0.2, 0.25) is 0 Å². The number of carbonyl (C=O) groups is 1. The summed E-state index contributed by atoms with van der Waals surface area (Å²) in [6.45, 7) is 0.665. The first-order valence-electron chi connectivity index (χ1n) is 10.6. The van der Waals surface area contributed by atoms with Crippen molar-refractivity contribution in [1.82, 2.24) is 5.32 Å². The summed E-state index contributed by atoms with van der Waals surface area (Å²) in [5.41, 5.74) is 0.601. The van der Waals surface area contributed by atoms with Gasteiger partial charge in [0.05, 0.1) is 16.1 Å². The molecule has 0 aromatic heterocycles. The number of carboxylic acids is 1. The number of anilines is 1. The van der Waals surface area contributed by atoms with Crippen LogP contribution in [0.4, 0.5) is 10.1 Å². The van der Waals surface area contributed by atoms with Gasteiger partial charge in [-0.3, -0.25) is 4.72 Å². The Hall–Kier alpha value is -2.21. The lowest BCUT2D eigenvalue weighted by Crippen LogP contribution is -2.28. The molecular formula is C22H26ClFN2O6S2. The summed E-state index contributed by atoms with van der Waals surface area (Å²) < 4.78 is 68.2. The molecule has 0 bridgehead atoms. The molecule has 0 amide bonds. The monoisotopic (exact) mass is 532 g/mol. The van der Waals surface area contributed by atoms with Gasteiger partial charge in [-0.15, -0.1) is 12.4 Å². The van der Waals surface area contributed by atoms with Gasteiger partial charge in [-0.1, -0.05) is 12.5 Å². The Kier molecular flexibility index (Phi) is 7.61. The number of hydrogen-bond donors (Lipinski definition) is 3. The van der Waals surface area contributed by atoms with Crippen LogP contribution in [0.3, 0.4) is 0 Å². The molecule has 2 aromatic rings. The zero-order valence-corrected chi connectivity index (χ0v) is 20.8. The van der Waals surface area contributed by atoms with Crippen LogP contribution >= 0.6 is 12.4 Å². The van der Waals surface area contributed by atoms with E-state index in [1.54, 1.807) is 0 Å². The van der Waals surface area contributed by atoms with Crippen LogP contribution in [0.1, 0.15) is 65.5 Å². The predicted molar refractivity (Wildman–Crippen MR) is 128 cm³/mol. The average molecular weight is 533 g/mol. The number of carboxylic acid groups (broad SMARTS) is 1. The first-order valence-corrected chi connectivity index (χ1v) is 14.0. The normalized spacial score (nSPS) is 18.7. The number of sulfonamides is 1. The summed E-state index contributed by atoms with van der Waals surface area (Å²) in [6.07, 6.45) is 4.85. The molecule has 34 heavy (non-hydrogen) atoms. The van der Waals surface area contributed by atoms with E-state index in [2.05, 4.69) is 10.0 Å². The van der Waals surface area contributed by atoms with Gasteiger partial charge in [0.25, 0.3) is 10.0 Å². The minimum absolute atomic E-state index is 0. The van der Waals surface area contributed by atoms with E-state index in [0.29, 0.717) is 24.1 Å². The van der Waals surface area contributed by atoms with Gasteiger partial charge in [-0.25, -0.2) is 26.0 Å². The molecule has 1 heterocycles. The second-order valence-corrected chi connectivity index (χ2v) is 12.2. The zero-order chi connectivity index (χ0) is 24.0. The highest BCUT2D eigenvalue weighted by atomic mass is 35.5. The lowest BCUT2D eigenvalue weighted by molar-refractivity contribution is 0.0696. The van der Waals surface area contributed by atoms with Gasteiger partial charge >= 0.3 is 5.97 Å². The molecule has 12 heteroatoms. The smallest absolute Gasteiger partial charge is 0.335 e. The minimum atomic E-state index is -4.30. The molecule has 1 unspecified atom stereocenters. The van der Waals surface area contributed by atoms with E-state index in [-0.39, 0.29) is 40.5 Å². The topological polar surface area (TPSA) is 130 Å². The average Bonchev–Trinajstić information content (AvgIpc) is 3.59. The summed E-state index contributed by atoms with van der Waals surface area (Å²) in [7, 11) is -8.26. The Balaban J connectivity index is 0.00000324. The van der Waals surface area contributed by atoms with Crippen LogP contribution < -0.4 is 10.0 Å². The van der Waals surface area contributed by atoms with E-state index in [4.69, 9.17) is 0 Å². The Morgan fingerprint density at radius 3 is 2.29 bits per heavy atom. The molecule has 0 radical (unpaired) electrons. The molecule has 1 aliphatic heterocycles. The number of benzene rings is 2. The number of rotatable bonds is 7. The molecule has 0 spiro atoms. The fourth-order valence-corrected chi connectivity index (χ4v) is 6.33. The molecule has 2 aromatic carbocycles. The number of halogens is 2. The maximum absolute atomic E-state index is 14.7. The van der Waals surface area contributed by atoms with Gasteiger partial charge < -0.3 is 10.4 Å². The molecule has 1 aliphatic carbocycles. The van der Waals surface area contributed by atoms with E-state index in [0.717, 1.165) is 50.1 Å². The molecule has 186 valence electrons. The van der Waals surface area contributed by atoms with E-state index in [9.17, 15) is 31.1 Å². The number of sulfone groups is 1. The molecule has 1 atom stereocenters.